The van der Waals surface area contributed by atoms with E-state index >= 15 is 0 Å². The van der Waals surface area contributed by atoms with Gasteiger partial charge in [-0.25, -0.2) is 9.18 Å². The minimum Gasteiger partial charge on any atom is -0.497 e. The maximum absolute atomic E-state index is 13.6. The van der Waals surface area contributed by atoms with Crippen LogP contribution in [0.4, 0.5) is 9.18 Å². The topological polar surface area (TPSA) is 87.7 Å². The predicted octanol–water partition coefficient (Wildman–Crippen LogP) is 3.65. The first kappa shape index (κ1) is 22.0. The summed E-state index contributed by atoms with van der Waals surface area (Å²) < 4.78 is 18.8. The van der Waals surface area contributed by atoms with Gasteiger partial charge in [0.15, 0.2) is 0 Å². The van der Waals surface area contributed by atoms with E-state index in [0.717, 1.165) is 22.3 Å². The molecular weight excluding hydrogens is 425 g/mol. The van der Waals surface area contributed by atoms with Crippen LogP contribution in [0.5, 0.6) is 5.75 Å². The molecule has 168 valence electrons. The Hall–Kier alpha value is -4.20. The van der Waals surface area contributed by atoms with E-state index in [1.54, 1.807) is 29.2 Å². The first-order valence-corrected chi connectivity index (χ1v) is 10.3. The SMILES string of the molecule is COc1ccc2c(c1)C(=O)N(C[C@H](NC(=O)NC=O)c1ccc(-c3cccc(F)c3)cc1)C2. The van der Waals surface area contributed by atoms with E-state index in [4.69, 9.17) is 4.74 Å². The van der Waals surface area contributed by atoms with Crippen LogP contribution < -0.4 is 15.4 Å². The van der Waals surface area contributed by atoms with Crippen molar-refractivity contribution in [3.8, 4) is 16.9 Å². The number of benzene rings is 3. The van der Waals surface area contributed by atoms with E-state index in [9.17, 15) is 18.8 Å². The summed E-state index contributed by atoms with van der Waals surface area (Å²) in [7, 11) is 1.54. The number of carbonyl (C=O) groups excluding carboxylic acids is 3. The molecule has 0 fully saturated rings. The molecule has 3 aromatic carbocycles. The van der Waals surface area contributed by atoms with Gasteiger partial charge in [0.05, 0.1) is 13.2 Å². The van der Waals surface area contributed by atoms with Crippen molar-refractivity contribution in [3.63, 3.8) is 0 Å². The van der Waals surface area contributed by atoms with E-state index < -0.39 is 12.1 Å². The van der Waals surface area contributed by atoms with Crippen molar-refractivity contribution in [2.24, 2.45) is 0 Å². The number of ether oxygens (including phenoxy) is 1. The van der Waals surface area contributed by atoms with Gasteiger partial charge in [-0.3, -0.25) is 14.9 Å². The average Bonchev–Trinajstić information content (AvgIpc) is 3.13. The van der Waals surface area contributed by atoms with Crippen LogP contribution in [0, 0.1) is 5.82 Å². The average molecular weight is 447 g/mol. The number of carbonyl (C=O) groups is 3. The number of hydrogen-bond acceptors (Lipinski definition) is 4. The van der Waals surface area contributed by atoms with Crippen LogP contribution in [-0.4, -0.2) is 36.9 Å². The van der Waals surface area contributed by atoms with Gasteiger partial charge in [0, 0.05) is 18.7 Å². The van der Waals surface area contributed by atoms with Crippen molar-refractivity contribution < 1.29 is 23.5 Å². The monoisotopic (exact) mass is 447 g/mol. The van der Waals surface area contributed by atoms with Gasteiger partial charge in [-0.1, -0.05) is 42.5 Å². The van der Waals surface area contributed by atoms with Crippen LogP contribution in [0.3, 0.4) is 0 Å². The molecule has 7 nitrogen and oxygen atoms in total. The number of hydrogen-bond donors (Lipinski definition) is 2. The Balaban J connectivity index is 1.57. The number of nitrogens with one attached hydrogen (secondary N) is 2. The fraction of sp³-hybridized carbons (Fsp3) is 0.160. The van der Waals surface area contributed by atoms with Gasteiger partial charge < -0.3 is 15.0 Å². The van der Waals surface area contributed by atoms with E-state index in [0.29, 0.717) is 24.3 Å². The van der Waals surface area contributed by atoms with Crippen molar-refractivity contribution in [1.82, 2.24) is 15.5 Å². The largest absolute Gasteiger partial charge is 0.497 e. The van der Waals surface area contributed by atoms with Crippen molar-refractivity contribution in [3.05, 3.63) is 89.2 Å². The van der Waals surface area contributed by atoms with Gasteiger partial charge in [0.25, 0.3) is 5.91 Å². The zero-order valence-electron chi connectivity index (χ0n) is 17.9. The van der Waals surface area contributed by atoms with Crippen molar-refractivity contribution in [1.29, 1.82) is 0 Å². The Morgan fingerprint density at radius 3 is 2.61 bits per heavy atom. The third kappa shape index (κ3) is 4.85. The minimum absolute atomic E-state index is 0.164. The number of fused-ring (bicyclic) bond motifs is 1. The Morgan fingerprint density at radius 1 is 1.12 bits per heavy atom. The fourth-order valence-electron chi connectivity index (χ4n) is 3.90. The third-order valence-electron chi connectivity index (χ3n) is 5.57. The van der Waals surface area contributed by atoms with E-state index in [-0.39, 0.29) is 18.3 Å². The molecule has 4 rings (SSSR count). The minimum atomic E-state index is -0.671. The summed E-state index contributed by atoms with van der Waals surface area (Å²) in [5, 5.41) is 4.80. The third-order valence-corrected chi connectivity index (χ3v) is 5.57. The zero-order valence-corrected chi connectivity index (χ0v) is 17.9. The summed E-state index contributed by atoms with van der Waals surface area (Å²) >= 11 is 0. The van der Waals surface area contributed by atoms with Crippen LogP contribution in [0.25, 0.3) is 11.1 Å². The molecule has 0 spiro atoms. The molecule has 0 unspecified atom stereocenters. The first-order chi connectivity index (χ1) is 16.0. The summed E-state index contributed by atoms with van der Waals surface area (Å²) in [5.74, 6) is 0.102. The van der Waals surface area contributed by atoms with Gasteiger partial charge in [0.1, 0.15) is 11.6 Å². The molecule has 0 radical (unpaired) electrons. The highest BCUT2D eigenvalue weighted by molar-refractivity contribution is 5.98. The molecule has 1 atom stereocenters. The molecule has 8 heteroatoms. The summed E-state index contributed by atoms with van der Waals surface area (Å²) in [6.45, 7) is 0.592. The molecule has 2 N–H and O–H groups in total. The summed E-state index contributed by atoms with van der Waals surface area (Å²) in [4.78, 5) is 37.4. The highest BCUT2D eigenvalue weighted by Gasteiger charge is 2.30. The summed E-state index contributed by atoms with van der Waals surface area (Å²) in [6.07, 6.45) is 0.294. The molecule has 0 bridgehead atoms. The molecular formula is C25H22FN3O4. The highest BCUT2D eigenvalue weighted by Crippen LogP contribution is 2.29. The molecule has 33 heavy (non-hydrogen) atoms. The second-order valence-corrected chi connectivity index (χ2v) is 7.63. The molecule has 0 aromatic heterocycles. The number of rotatable bonds is 7. The van der Waals surface area contributed by atoms with Crippen molar-refractivity contribution in [2.45, 2.75) is 12.6 Å². The molecule has 1 aliphatic rings. The van der Waals surface area contributed by atoms with Gasteiger partial charge >= 0.3 is 6.03 Å². The Bertz CT molecular complexity index is 1200. The van der Waals surface area contributed by atoms with E-state index in [2.05, 4.69) is 10.6 Å². The van der Waals surface area contributed by atoms with E-state index in [1.165, 1.54) is 19.2 Å². The molecule has 0 saturated heterocycles. The van der Waals surface area contributed by atoms with Crippen LogP contribution in [-0.2, 0) is 11.3 Å². The molecule has 0 saturated carbocycles. The number of imide groups is 1. The maximum Gasteiger partial charge on any atom is 0.321 e. The van der Waals surface area contributed by atoms with Gasteiger partial charge in [-0.15, -0.1) is 0 Å². The van der Waals surface area contributed by atoms with Crippen LogP contribution in [0.2, 0.25) is 0 Å². The number of halogens is 1. The van der Waals surface area contributed by atoms with Crippen molar-refractivity contribution in [2.75, 3.05) is 13.7 Å². The van der Waals surface area contributed by atoms with Gasteiger partial charge in [-0.2, -0.15) is 0 Å². The van der Waals surface area contributed by atoms with Crippen LogP contribution >= 0.6 is 0 Å². The first-order valence-electron chi connectivity index (χ1n) is 10.3. The smallest absolute Gasteiger partial charge is 0.321 e. The molecule has 3 aromatic rings. The lowest BCUT2D eigenvalue weighted by Gasteiger charge is -2.25. The molecule has 4 amide bonds. The lowest BCUT2D eigenvalue weighted by molar-refractivity contribution is -0.108. The number of methoxy groups -OCH3 is 1. The Labute approximate surface area is 190 Å². The van der Waals surface area contributed by atoms with Gasteiger partial charge in [0.2, 0.25) is 6.41 Å². The van der Waals surface area contributed by atoms with Crippen molar-refractivity contribution >= 4 is 18.3 Å². The number of urea groups is 1. The Kier molecular flexibility index (Phi) is 6.35. The lowest BCUT2D eigenvalue weighted by Crippen LogP contribution is -2.42. The molecule has 1 heterocycles. The summed E-state index contributed by atoms with van der Waals surface area (Å²) in [5.41, 5.74) is 3.71. The molecule has 1 aliphatic heterocycles. The lowest BCUT2D eigenvalue weighted by atomic mass is 10.0. The Morgan fingerprint density at radius 2 is 1.91 bits per heavy atom. The standard InChI is InChI=1S/C25H22FN3O4/c1-33-21-10-9-19-13-29(24(31)22(19)12-21)14-23(28-25(32)27-15-30)17-7-5-16(6-8-17)18-3-2-4-20(26)11-18/h2-12,15,23H,13-14H2,1H3,(H2,27,28,30,32)/t23-/m0/s1. The zero-order chi connectivity index (χ0) is 23.4. The predicted molar refractivity (Wildman–Crippen MR) is 120 cm³/mol. The van der Waals surface area contributed by atoms with Crippen LogP contribution in [0.15, 0.2) is 66.7 Å². The normalized spacial score (nSPS) is 13.3. The number of nitrogens with zero attached hydrogens (tertiary/aromatic N) is 1. The van der Waals surface area contributed by atoms with E-state index in [1.807, 2.05) is 30.3 Å². The number of amides is 4. The fourth-order valence-corrected chi connectivity index (χ4v) is 3.90. The maximum atomic E-state index is 13.6. The molecule has 0 aliphatic carbocycles. The van der Waals surface area contributed by atoms with Gasteiger partial charge in [-0.05, 0) is 46.5 Å². The second-order valence-electron chi connectivity index (χ2n) is 7.63. The highest BCUT2D eigenvalue weighted by atomic mass is 19.1. The summed E-state index contributed by atoms with van der Waals surface area (Å²) in [6, 6.07) is 17.6. The second kappa shape index (κ2) is 9.52. The quantitative estimate of drug-likeness (QED) is 0.541. The van der Waals surface area contributed by atoms with Crippen LogP contribution in [0.1, 0.15) is 27.5 Å².